The summed E-state index contributed by atoms with van der Waals surface area (Å²) in [7, 11) is 0. The van der Waals surface area contributed by atoms with Gasteiger partial charge in [0.05, 0.1) is 10.6 Å². The summed E-state index contributed by atoms with van der Waals surface area (Å²) in [4.78, 5) is 0. The van der Waals surface area contributed by atoms with E-state index < -0.39 is 5.23 Å². The molecule has 0 saturated heterocycles. The lowest BCUT2D eigenvalue weighted by atomic mass is 9.84. The predicted molar refractivity (Wildman–Crippen MR) is 135 cm³/mol. The Morgan fingerprint density at radius 3 is 1.76 bits per heavy atom. The van der Waals surface area contributed by atoms with E-state index in [0.29, 0.717) is 16.3 Å². The van der Waals surface area contributed by atoms with Crippen LogP contribution >= 0.6 is 11.6 Å². The Kier molecular flexibility index (Phi) is 6.84. The van der Waals surface area contributed by atoms with Crippen LogP contribution in [0.5, 0.6) is 0 Å². The molecule has 4 bridgehead atoms. The summed E-state index contributed by atoms with van der Waals surface area (Å²) in [6, 6.07) is 17.1. The molecule has 0 radical (unpaired) electrons. The third kappa shape index (κ3) is 4.48. The van der Waals surface area contributed by atoms with Crippen LogP contribution in [-0.2, 0) is 25.7 Å². The average Bonchev–Trinajstić information content (AvgIpc) is 2.85. The van der Waals surface area contributed by atoms with Gasteiger partial charge in [-0.25, -0.2) is 5.21 Å². The van der Waals surface area contributed by atoms with Gasteiger partial charge < -0.3 is 5.21 Å². The molecule has 0 spiro atoms. The minimum atomic E-state index is -0.879. The zero-order valence-electron chi connectivity index (χ0n) is 19.1. The molecule has 1 atom stereocenters. The third-order valence-corrected chi connectivity index (χ3v) is 7.80. The van der Waals surface area contributed by atoms with Gasteiger partial charge in [-0.3, -0.25) is 0 Å². The van der Waals surface area contributed by atoms with E-state index in [1.807, 2.05) is 6.07 Å². The van der Waals surface area contributed by atoms with E-state index >= 15 is 0 Å². The molecule has 2 aliphatic rings. The number of halogens is 1. The Labute approximate surface area is 201 Å². The number of aryl methyl sites for hydroxylation is 4. The average molecular weight is 462 g/mol. The van der Waals surface area contributed by atoms with Gasteiger partial charge in [0.2, 0.25) is 0 Å². The molecule has 2 aliphatic carbocycles. The number of fused-ring (bicyclic) bond motifs is 4. The van der Waals surface area contributed by atoms with E-state index in [4.69, 9.17) is 11.6 Å². The molecule has 172 valence electrons. The van der Waals surface area contributed by atoms with Crippen LogP contribution in [0, 0.1) is 5.21 Å². The topological polar surface area (TPSA) is 47.7 Å². The van der Waals surface area contributed by atoms with Crippen molar-refractivity contribution < 1.29 is 10.4 Å². The van der Waals surface area contributed by atoms with Crippen molar-refractivity contribution in [3.8, 4) is 22.3 Å². The van der Waals surface area contributed by atoms with E-state index in [9.17, 15) is 10.4 Å². The Balaban J connectivity index is 1.79. The first kappa shape index (κ1) is 22.6. The van der Waals surface area contributed by atoms with Crippen LogP contribution in [0.4, 0.5) is 5.69 Å². The monoisotopic (exact) mass is 461 g/mol. The lowest BCUT2D eigenvalue weighted by Gasteiger charge is -2.26. The minimum absolute atomic E-state index is 0.390. The van der Waals surface area contributed by atoms with Gasteiger partial charge in [-0.15, -0.1) is 0 Å². The molecule has 3 aromatic carbocycles. The summed E-state index contributed by atoms with van der Waals surface area (Å²) in [5, 5.41) is 22.7. The normalized spacial score (nSPS) is 17.3. The Bertz CT molecular complexity index is 1130. The predicted octanol–water partition coefficient (Wildman–Crippen LogP) is 7.01. The highest BCUT2D eigenvalue weighted by Crippen LogP contribution is 2.45. The van der Waals surface area contributed by atoms with Crippen molar-refractivity contribution in [2.75, 3.05) is 0 Å². The number of benzene rings is 3. The second-order valence-electron chi connectivity index (χ2n) is 9.54. The van der Waals surface area contributed by atoms with Crippen LogP contribution in [-0.4, -0.2) is 5.21 Å². The van der Waals surface area contributed by atoms with E-state index in [-0.39, 0.29) is 0 Å². The molecular formula is C29H32ClNO2. The summed E-state index contributed by atoms with van der Waals surface area (Å²) in [6.45, 7) is 0. The van der Waals surface area contributed by atoms with Gasteiger partial charge in [-0.1, -0.05) is 73.3 Å². The Morgan fingerprint density at radius 2 is 1.15 bits per heavy atom. The van der Waals surface area contributed by atoms with E-state index in [1.165, 1.54) is 42.4 Å². The number of hydrogen-bond acceptors (Lipinski definition) is 2. The molecule has 33 heavy (non-hydrogen) atoms. The summed E-state index contributed by atoms with van der Waals surface area (Å²) < 4.78 is 0. The van der Waals surface area contributed by atoms with Gasteiger partial charge in [0.25, 0.3) is 0 Å². The maximum Gasteiger partial charge on any atom is 0.176 e. The van der Waals surface area contributed by atoms with Crippen LogP contribution in [0.15, 0.2) is 48.5 Å². The molecule has 0 saturated carbocycles. The highest BCUT2D eigenvalue weighted by atomic mass is 35.5. The second-order valence-corrected chi connectivity index (χ2v) is 9.91. The van der Waals surface area contributed by atoms with Crippen molar-refractivity contribution in [2.45, 2.75) is 70.6 Å². The number of quaternary nitrogens is 1. The van der Waals surface area contributed by atoms with Crippen LogP contribution in [0.1, 0.15) is 67.2 Å². The largest absolute Gasteiger partial charge is 0.595 e. The summed E-state index contributed by atoms with van der Waals surface area (Å²) >= 11 is 7.03. The lowest BCUT2D eigenvalue weighted by Crippen LogP contribution is -2.99. The van der Waals surface area contributed by atoms with Crippen molar-refractivity contribution >= 4 is 17.3 Å². The highest BCUT2D eigenvalue weighted by Gasteiger charge is 2.27. The SMILES string of the molecule is [O-][NH+](O)c1c2cc(c(Cl)c1-c1ccccc1-c1c3cccc1CCCCCC3)CCCCC2. The minimum Gasteiger partial charge on any atom is -0.595 e. The fourth-order valence-electron chi connectivity index (χ4n) is 5.78. The Morgan fingerprint density at radius 1 is 0.636 bits per heavy atom. The van der Waals surface area contributed by atoms with E-state index in [1.54, 1.807) is 0 Å². The van der Waals surface area contributed by atoms with Crippen molar-refractivity contribution in [1.82, 2.24) is 0 Å². The fraction of sp³-hybridized carbons (Fsp3) is 0.379. The smallest absolute Gasteiger partial charge is 0.176 e. The molecule has 5 rings (SSSR count). The third-order valence-electron chi connectivity index (χ3n) is 7.37. The lowest BCUT2D eigenvalue weighted by molar-refractivity contribution is -0.991. The molecule has 0 fully saturated rings. The number of nitrogens with one attached hydrogen (secondary N) is 1. The van der Waals surface area contributed by atoms with Gasteiger partial charge in [0, 0.05) is 5.56 Å². The van der Waals surface area contributed by atoms with Gasteiger partial charge >= 0.3 is 0 Å². The molecule has 0 amide bonds. The summed E-state index contributed by atoms with van der Waals surface area (Å²) in [6.07, 6.45) is 12.0. The summed E-state index contributed by atoms with van der Waals surface area (Å²) in [5.41, 5.74) is 9.23. The second kappa shape index (κ2) is 9.99. The summed E-state index contributed by atoms with van der Waals surface area (Å²) in [5.74, 6) is 0. The Hall–Kier alpha value is -2.17. The number of hydrogen-bond donors (Lipinski definition) is 2. The zero-order valence-corrected chi connectivity index (χ0v) is 19.9. The van der Waals surface area contributed by atoms with Crippen LogP contribution < -0.4 is 5.23 Å². The first-order chi connectivity index (χ1) is 16.1. The van der Waals surface area contributed by atoms with Gasteiger partial charge in [-0.05, 0) is 90.8 Å². The van der Waals surface area contributed by atoms with E-state index in [0.717, 1.165) is 67.2 Å². The molecule has 1 unspecified atom stereocenters. The van der Waals surface area contributed by atoms with Crippen molar-refractivity contribution in [3.63, 3.8) is 0 Å². The molecule has 0 aromatic heterocycles. The molecule has 3 aromatic rings. The molecule has 0 heterocycles. The standard InChI is InChI=1S/C29H32ClNO2/c30-28-22-13-6-3-7-14-23(19-22)29(31(32)33)27(28)25-18-9-8-17-24(25)26-20-11-4-1-2-5-12-21(26)16-10-15-20/h8-10,15-19,31-32H,1-7,11-14H2. The molecular weight excluding hydrogens is 430 g/mol. The van der Waals surface area contributed by atoms with Gasteiger partial charge in [0.15, 0.2) is 5.69 Å². The quantitative estimate of drug-likeness (QED) is 0.412. The highest BCUT2D eigenvalue weighted by molar-refractivity contribution is 6.35. The number of rotatable bonds is 3. The van der Waals surface area contributed by atoms with E-state index in [2.05, 4.69) is 42.5 Å². The maximum atomic E-state index is 12.6. The molecule has 2 N–H and O–H groups in total. The first-order valence-electron chi connectivity index (χ1n) is 12.4. The molecule has 0 aliphatic heterocycles. The maximum absolute atomic E-state index is 12.6. The molecule has 4 heteroatoms. The zero-order chi connectivity index (χ0) is 22.8. The van der Waals surface area contributed by atoms with Crippen LogP contribution in [0.2, 0.25) is 5.02 Å². The van der Waals surface area contributed by atoms with Gasteiger partial charge in [0.1, 0.15) is 0 Å². The van der Waals surface area contributed by atoms with Crippen molar-refractivity contribution in [1.29, 1.82) is 0 Å². The van der Waals surface area contributed by atoms with Crippen molar-refractivity contribution in [2.24, 2.45) is 0 Å². The first-order valence-corrected chi connectivity index (χ1v) is 12.8. The van der Waals surface area contributed by atoms with Gasteiger partial charge in [-0.2, -0.15) is 5.23 Å². The fourth-order valence-corrected chi connectivity index (χ4v) is 6.13. The van der Waals surface area contributed by atoms with Crippen LogP contribution in [0.3, 0.4) is 0 Å². The molecule has 3 nitrogen and oxygen atoms in total. The van der Waals surface area contributed by atoms with Crippen LogP contribution in [0.25, 0.3) is 22.3 Å². The van der Waals surface area contributed by atoms with Crippen molar-refractivity contribution in [3.05, 3.63) is 81.0 Å².